The summed E-state index contributed by atoms with van der Waals surface area (Å²) in [6, 6.07) is 18.0. The molecule has 0 saturated heterocycles. The van der Waals surface area contributed by atoms with Crippen molar-refractivity contribution < 1.29 is 4.79 Å². The van der Waals surface area contributed by atoms with Crippen molar-refractivity contribution in [1.29, 1.82) is 0 Å². The highest BCUT2D eigenvalue weighted by molar-refractivity contribution is 5.94. The molecule has 1 N–H and O–H groups in total. The Morgan fingerprint density at radius 2 is 1.59 bits per heavy atom. The van der Waals surface area contributed by atoms with Gasteiger partial charge in [-0.25, -0.2) is 9.97 Å². The Morgan fingerprint density at radius 3 is 2.22 bits per heavy atom. The summed E-state index contributed by atoms with van der Waals surface area (Å²) in [6.07, 6.45) is 5.89. The first-order chi connectivity index (χ1) is 13.0. The first kappa shape index (κ1) is 18.8. The molecule has 0 bridgehead atoms. The fourth-order valence-electron chi connectivity index (χ4n) is 3.39. The van der Waals surface area contributed by atoms with E-state index >= 15 is 0 Å². The maximum atomic E-state index is 12.6. The number of carbonyl (C=O) groups is 1. The Balaban J connectivity index is 1.63. The molecule has 1 amide bonds. The number of rotatable bonds is 6. The molecule has 0 unspecified atom stereocenters. The Kier molecular flexibility index (Phi) is 5.65. The van der Waals surface area contributed by atoms with Crippen LogP contribution < -0.4 is 5.32 Å². The van der Waals surface area contributed by atoms with Crippen molar-refractivity contribution in [3.05, 3.63) is 84.4 Å². The number of hydrogen-bond acceptors (Lipinski definition) is 3. The Bertz CT molecular complexity index is 875. The monoisotopic (exact) mass is 359 g/mol. The van der Waals surface area contributed by atoms with Crippen LogP contribution in [0.1, 0.15) is 43.1 Å². The Labute approximate surface area is 160 Å². The molecule has 3 aromatic rings. The van der Waals surface area contributed by atoms with Crippen LogP contribution >= 0.6 is 0 Å². The SMILES string of the molecule is C[C@@H](CC(C)(C)c1ccccc1)NC(=O)c1ccc(-c2cncnc2)cc1. The van der Waals surface area contributed by atoms with Gasteiger partial charge in [0.1, 0.15) is 6.33 Å². The lowest BCUT2D eigenvalue weighted by molar-refractivity contribution is 0.0934. The van der Waals surface area contributed by atoms with Gasteiger partial charge in [0.15, 0.2) is 0 Å². The summed E-state index contributed by atoms with van der Waals surface area (Å²) in [5.41, 5.74) is 3.85. The summed E-state index contributed by atoms with van der Waals surface area (Å²) in [5.74, 6) is -0.0535. The second kappa shape index (κ2) is 8.12. The van der Waals surface area contributed by atoms with E-state index in [1.54, 1.807) is 12.4 Å². The molecule has 0 fully saturated rings. The molecule has 0 aliphatic heterocycles. The molecule has 1 aromatic heterocycles. The molecule has 0 radical (unpaired) electrons. The Hall–Kier alpha value is -3.01. The van der Waals surface area contributed by atoms with E-state index in [9.17, 15) is 4.79 Å². The van der Waals surface area contributed by atoms with Crippen LogP contribution in [0, 0.1) is 0 Å². The van der Waals surface area contributed by atoms with Gasteiger partial charge in [-0.05, 0) is 42.0 Å². The van der Waals surface area contributed by atoms with Crippen LogP contribution in [0.15, 0.2) is 73.3 Å². The lowest BCUT2D eigenvalue weighted by Gasteiger charge is -2.29. The van der Waals surface area contributed by atoms with E-state index in [1.165, 1.54) is 11.9 Å². The maximum absolute atomic E-state index is 12.6. The molecule has 0 spiro atoms. The zero-order chi connectivity index (χ0) is 19.3. The van der Waals surface area contributed by atoms with Crippen LogP contribution in [0.25, 0.3) is 11.1 Å². The average Bonchev–Trinajstić information content (AvgIpc) is 2.69. The van der Waals surface area contributed by atoms with Crippen LogP contribution in [0.5, 0.6) is 0 Å². The standard InChI is InChI=1S/C23H25N3O/c1-17(13-23(2,3)21-7-5-4-6-8-21)26-22(27)19-11-9-18(10-12-19)20-14-24-16-25-15-20/h4-12,14-17H,13H2,1-3H3,(H,26,27)/t17-/m0/s1. The predicted molar refractivity (Wildman–Crippen MR) is 108 cm³/mol. The lowest BCUT2D eigenvalue weighted by Crippen LogP contribution is -2.37. The van der Waals surface area contributed by atoms with Gasteiger partial charge in [0.2, 0.25) is 0 Å². The summed E-state index contributed by atoms with van der Waals surface area (Å²) in [6.45, 7) is 6.47. The number of nitrogens with zero attached hydrogens (tertiary/aromatic N) is 2. The number of aromatic nitrogens is 2. The van der Waals surface area contributed by atoms with E-state index in [4.69, 9.17) is 0 Å². The number of carbonyl (C=O) groups excluding carboxylic acids is 1. The minimum atomic E-state index is -0.0535. The molecular formula is C23H25N3O. The number of nitrogens with one attached hydrogen (secondary N) is 1. The van der Waals surface area contributed by atoms with E-state index in [0.717, 1.165) is 17.5 Å². The van der Waals surface area contributed by atoms with Gasteiger partial charge in [-0.3, -0.25) is 4.79 Å². The summed E-state index contributed by atoms with van der Waals surface area (Å²) in [4.78, 5) is 20.6. The van der Waals surface area contributed by atoms with Gasteiger partial charge in [-0.2, -0.15) is 0 Å². The molecule has 4 heteroatoms. The fourth-order valence-corrected chi connectivity index (χ4v) is 3.39. The molecule has 1 atom stereocenters. The quantitative estimate of drug-likeness (QED) is 0.698. The highest BCUT2D eigenvalue weighted by atomic mass is 16.1. The molecule has 0 aliphatic carbocycles. The molecule has 2 aromatic carbocycles. The van der Waals surface area contributed by atoms with Crippen molar-refractivity contribution in [2.45, 2.75) is 38.6 Å². The summed E-state index contributed by atoms with van der Waals surface area (Å²) in [5, 5.41) is 3.12. The third-order valence-corrected chi connectivity index (χ3v) is 4.79. The first-order valence-corrected chi connectivity index (χ1v) is 9.17. The van der Waals surface area contributed by atoms with Crippen LogP contribution in [-0.4, -0.2) is 21.9 Å². The molecule has 3 rings (SSSR count). The van der Waals surface area contributed by atoms with Crippen molar-refractivity contribution in [1.82, 2.24) is 15.3 Å². The zero-order valence-corrected chi connectivity index (χ0v) is 16.0. The molecular weight excluding hydrogens is 334 g/mol. The molecule has 0 aliphatic rings. The predicted octanol–water partition coefficient (Wildman–Crippen LogP) is 4.63. The molecule has 27 heavy (non-hydrogen) atoms. The fraction of sp³-hybridized carbons (Fsp3) is 0.261. The smallest absolute Gasteiger partial charge is 0.251 e. The average molecular weight is 359 g/mol. The van der Waals surface area contributed by atoms with Gasteiger partial charge < -0.3 is 5.32 Å². The maximum Gasteiger partial charge on any atom is 0.251 e. The van der Waals surface area contributed by atoms with Crippen LogP contribution in [0.3, 0.4) is 0 Å². The van der Waals surface area contributed by atoms with Crippen molar-refractivity contribution in [3.63, 3.8) is 0 Å². The van der Waals surface area contributed by atoms with Crippen molar-refractivity contribution in [2.75, 3.05) is 0 Å². The lowest BCUT2D eigenvalue weighted by atomic mass is 9.79. The number of hydrogen-bond donors (Lipinski definition) is 1. The molecule has 0 saturated carbocycles. The summed E-state index contributed by atoms with van der Waals surface area (Å²) >= 11 is 0. The van der Waals surface area contributed by atoms with E-state index in [-0.39, 0.29) is 17.4 Å². The second-order valence-electron chi connectivity index (χ2n) is 7.53. The highest BCUT2D eigenvalue weighted by Gasteiger charge is 2.24. The van der Waals surface area contributed by atoms with Crippen molar-refractivity contribution in [3.8, 4) is 11.1 Å². The minimum absolute atomic E-state index is 0.00881. The van der Waals surface area contributed by atoms with E-state index in [0.29, 0.717) is 5.56 Å². The largest absolute Gasteiger partial charge is 0.350 e. The van der Waals surface area contributed by atoms with Crippen molar-refractivity contribution in [2.24, 2.45) is 0 Å². The topological polar surface area (TPSA) is 54.9 Å². The number of amides is 1. The normalized spacial score (nSPS) is 12.4. The molecule has 138 valence electrons. The third-order valence-electron chi connectivity index (χ3n) is 4.79. The van der Waals surface area contributed by atoms with Gasteiger partial charge in [-0.15, -0.1) is 0 Å². The number of benzene rings is 2. The van der Waals surface area contributed by atoms with Crippen LogP contribution in [0.4, 0.5) is 0 Å². The van der Waals surface area contributed by atoms with E-state index in [1.807, 2.05) is 30.3 Å². The van der Waals surface area contributed by atoms with E-state index < -0.39 is 0 Å². The van der Waals surface area contributed by atoms with E-state index in [2.05, 4.69) is 60.3 Å². The van der Waals surface area contributed by atoms with Crippen molar-refractivity contribution >= 4 is 5.91 Å². The molecule has 1 heterocycles. The minimum Gasteiger partial charge on any atom is -0.350 e. The van der Waals surface area contributed by atoms with Crippen LogP contribution in [0.2, 0.25) is 0 Å². The molecule has 4 nitrogen and oxygen atoms in total. The Morgan fingerprint density at radius 1 is 0.963 bits per heavy atom. The van der Waals surface area contributed by atoms with Gasteiger partial charge >= 0.3 is 0 Å². The summed E-state index contributed by atoms with van der Waals surface area (Å²) < 4.78 is 0. The zero-order valence-electron chi connectivity index (χ0n) is 16.0. The van der Waals surface area contributed by atoms with Gasteiger partial charge in [0, 0.05) is 29.6 Å². The first-order valence-electron chi connectivity index (χ1n) is 9.17. The second-order valence-corrected chi connectivity index (χ2v) is 7.53. The van der Waals surface area contributed by atoms with Gasteiger partial charge in [-0.1, -0.05) is 56.3 Å². The van der Waals surface area contributed by atoms with Gasteiger partial charge in [0.05, 0.1) is 0 Å². The van der Waals surface area contributed by atoms with Crippen LogP contribution in [-0.2, 0) is 5.41 Å². The summed E-state index contributed by atoms with van der Waals surface area (Å²) in [7, 11) is 0. The highest BCUT2D eigenvalue weighted by Crippen LogP contribution is 2.28. The third kappa shape index (κ3) is 4.79. The van der Waals surface area contributed by atoms with Gasteiger partial charge in [0.25, 0.3) is 5.91 Å².